The lowest BCUT2D eigenvalue weighted by molar-refractivity contribution is 0.290. The van der Waals surface area contributed by atoms with Crippen LogP contribution in [0.5, 0.6) is 5.75 Å². The van der Waals surface area contributed by atoms with E-state index in [1.165, 1.54) is 43.9 Å². The highest BCUT2D eigenvalue weighted by Gasteiger charge is 2.07. The highest BCUT2D eigenvalue weighted by Crippen LogP contribution is 2.26. The molecule has 0 saturated heterocycles. The van der Waals surface area contributed by atoms with Crippen molar-refractivity contribution in [2.24, 2.45) is 0 Å². The monoisotopic (exact) mass is 318 g/mol. The van der Waals surface area contributed by atoms with Crippen molar-refractivity contribution >= 4 is 0 Å². The lowest BCUT2D eigenvalue weighted by Crippen LogP contribution is -1.99. The molecule has 0 spiro atoms. The molecule has 0 aliphatic carbocycles. The van der Waals surface area contributed by atoms with Gasteiger partial charge < -0.3 is 4.74 Å². The van der Waals surface area contributed by atoms with Crippen LogP contribution >= 0.6 is 0 Å². The normalized spacial score (nSPS) is 10.7. The quantitative estimate of drug-likeness (QED) is 0.488. The van der Waals surface area contributed by atoms with Gasteiger partial charge in [0.05, 0.1) is 6.61 Å². The summed E-state index contributed by atoms with van der Waals surface area (Å²) >= 11 is 0. The Balaban J connectivity index is 1.85. The summed E-state index contributed by atoms with van der Waals surface area (Å²) in [6.45, 7) is 2.72. The number of hydrogen-bond donors (Lipinski definition) is 0. The Kier molecular flexibility index (Phi) is 7.05. The third kappa shape index (κ3) is 5.66. The predicted molar refractivity (Wildman–Crippen MR) is 90.7 cm³/mol. The molecule has 0 aromatic heterocycles. The van der Waals surface area contributed by atoms with Crippen molar-refractivity contribution in [1.29, 1.82) is 0 Å². The van der Waals surface area contributed by atoms with E-state index >= 15 is 0 Å². The van der Waals surface area contributed by atoms with Gasteiger partial charge in [-0.25, -0.2) is 8.78 Å². The Hall–Kier alpha value is -1.90. The second-order valence-electron chi connectivity index (χ2n) is 5.77. The van der Waals surface area contributed by atoms with Crippen LogP contribution in [0.3, 0.4) is 0 Å². The molecule has 1 nitrogen and oxygen atoms in total. The van der Waals surface area contributed by atoms with Gasteiger partial charge in [0.2, 0.25) is 0 Å². The maximum Gasteiger partial charge on any atom is 0.165 e. The van der Waals surface area contributed by atoms with E-state index in [2.05, 4.69) is 6.92 Å². The van der Waals surface area contributed by atoms with Crippen LogP contribution in [0.2, 0.25) is 0 Å². The molecule has 23 heavy (non-hydrogen) atoms. The van der Waals surface area contributed by atoms with E-state index in [1.807, 2.05) is 0 Å². The SMILES string of the molecule is CCCCCCCCOc1ccc(-c2cccc(F)c2)cc1F. The molecule has 0 N–H and O–H groups in total. The van der Waals surface area contributed by atoms with E-state index < -0.39 is 5.82 Å². The second kappa shape index (κ2) is 9.29. The summed E-state index contributed by atoms with van der Waals surface area (Å²) in [5.74, 6) is -0.470. The molecular weight excluding hydrogens is 294 g/mol. The third-order valence-electron chi connectivity index (χ3n) is 3.85. The molecule has 2 rings (SSSR count). The van der Waals surface area contributed by atoms with Gasteiger partial charge in [-0.15, -0.1) is 0 Å². The zero-order chi connectivity index (χ0) is 16.5. The van der Waals surface area contributed by atoms with Crippen molar-refractivity contribution in [3.05, 3.63) is 54.1 Å². The highest BCUT2D eigenvalue weighted by atomic mass is 19.1. The van der Waals surface area contributed by atoms with E-state index in [0.29, 0.717) is 17.7 Å². The minimum atomic E-state index is -0.405. The van der Waals surface area contributed by atoms with Gasteiger partial charge in [-0.05, 0) is 41.8 Å². The second-order valence-corrected chi connectivity index (χ2v) is 5.77. The van der Waals surface area contributed by atoms with Crippen molar-refractivity contribution in [2.75, 3.05) is 6.61 Å². The maximum atomic E-state index is 14.1. The first kappa shape index (κ1) is 17.5. The first-order valence-electron chi connectivity index (χ1n) is 8.39. The van der Waals surface area contributed by atoms with Crippen LogP contribution in [-0.2, 0) is 0 Å². The summed E-state index contributed by atoms with van der Waals surface area (Å²) < 4.78 is 32.8. The van der Waals surface area contributed by atoms with Gasteiger partial charge in [0.1, 0.15) is 5.82 Å². The molecule has 3 heteroatoms. The van der Waals surface area contributed by atoms with Gasteiger partial charge in [0, 0.05) is 0 Å². The van der Waals surface area contributed by atoms with Crippen molar-refractivity contribution in [2.45, 2.75) is 45.4 Å². The average molecular weight is 318 g/mol. The molecule has 0 aliphatic rings. The van der Waals surface area contributed by atoms with Crippen LogP contribution in [0.4, 0.5) is 8.78 Å². The maximum absolute atomic E-state index is 14.1. The lowest BCUT2D eigenvalue weighted by atomic mass is 10.1. The molecule has 2 aromatic rings. The number of benzene rings is 2. The molecule has 0 amide bonds. The Morgan fingerprint density at radius 1 is 0.826 bits per heavy atom. The average Bonchev–Trinajstić information content (AvgIpc) is 2.55. The number of unbranched alkanes of at least 4 members (excludes halogenated alkanes) is 5. The molecule has 0 heterocycles. The standard InChI is InChI=1S/C20H24F2O/c1-2-3-4-5-6-7-13-23-20-12-11-17(15-19(20)22)16-9-8-10-18(21)14-16/h8-12,14-15H,2-7,13H2,1H3. The topological polar surface area (TPSA) is 9.23 Å². The van der Waals surface area contributed by atoms with Crippen molar-refractivity contribution in [3.8, 4) is 16.9 Å². The van der Waals surface area contributed by atoms with Crippen LogP contribution in [0.1, 0.15) is 45.4 Å². The van der Waals surface area contributed by atoms with Crippen molar-refractivity contribution in [3.63, 3.8) is 0 Å². The fourth-order valence-corrected chi connectivity index (χ4v) is 2.53. The summed E-state index contributed by atoms with van der Waals surface area (Å²) in [5, 5.41) is 0. The zero-order valence-electron chi connectivity index (χ0n) is 13.7. The first-order chi connectivity index (χ1) is 11.2. The molecule has 0 radical (unpaired) electrons. The number of ether oxygens (including phenoxy) is 1. The minimum absolute atomic E-state index is 0.263. The fraction of sp³-hybridized carbons (Fsp3) is 0.400. The number of halogens is 2. The summed E-state index contributed by atoms with van der Waals surface area (Å²) in [5.41, 5.74) is 1.31. The van der Waals surface area contributed by atoms with Crippen molar-refractivity contribution < 1.29 is 13.5 Å². The summed E-state index contributed by atoms with van der Waals surface area (Å²) in [7, 11) is 0. The highest BCUT2D eigenvalue weighted by molar-refractivity contribution is 5.64. The third-order valence-corrected chi connectivity index (χ3v) is 3.85. The Morgan fingerprint density at radius 3 is 2.30 bits per heavy atom. The van der Waals surface area contributed by atoms with Crippen LogP contribution in [0.15, 0.2) is 42.5 Å². The molecular formula is C20H24F2O. The van der Waals surface area contributed by atoms with Gasteiger partial charge in [-0.2, -0.15) is 0 Å². The zero-order valence-corrected chi connectivity index (χ0v) is 13.7. The molecule has 0 fully saturated rings. The molecule has 0 bridgehead atoms. The Morgan fingerprint density at radius 2 is 1.57 bits per heavy atom. The van der Waals surface area contributed by atoms with Gasteiger partial charge in [0.25, 0.3) is 0 Å². The summed E-state index contributed by atoms with van der Waals surface area (Å²) in [4.78, 5) is 0. The van der Waals surface area contributed by atoms with E-state index in [-0.39, 0.29) is 11.6 Å². The smallest absolute Gasteiger partial charge is 0.165 e. The number of rotatable bonds is 9. The molecule has 0 aliphatic heterocycles. The predicted octanol–water partition coefficient (Wildman–Crippen LogP) is 6.37. The van der Waals surface area contributed by atoms with Gasteiger partial charge in [-0.3, -0.25) is 0 Å². The summed E-state index contributed by atoms with van der Waals surface area (Å²) in [6.07, 6.45) is 7.03. The van der Waals surface area contributed by atoms with Gasteiger partial charge >= 0.3 is 0 Å². The van der Waals surface area contributed by atoms with Crippen LogP contribution in [0, 0.1) is 11.6 Å². The minimum Gasteiger partial charge on any atom is -0.491 e. The van der Waals surface area contributed by atoms with Crippen LogP contribution in [0.25, 0.3) is 11.1 Å². The first-order valence-corrected chi connectivity index (χ1v) is 8.39. The van der Waals surface area contributed by atoms with Crippen LogP contribution < -0.4 is 4.74 Å². The summed E-state index contributed by atoms with van der Waals surface area (Å²) in [6, 6.07) is 10.9. The van der Waals surface area contributed by atoms with Gasteiger partial charge in [0.15, 0.2) is 11.6 Å². The molecule has 0 unspecified atom stereocenters. The fourth-order valence-electron chi connectivity index (χ4n) is 2.53. The van der Waals surface area contributed by atoms with E-state index in [1.54, 1.807) is 24.3 Å². The van der Waals surface area contributed by atoms with E-state index in [4.69, 9.17) is 4.74 Å². The largest absolute Gasteiger partial charge is 0.491 e. The van der Waals surface area contributed by atoms with Crippen molar-refractivity contribution in [1.82, 2.24) is 0 Å². The molecule has 2 aromatic carbocycles. The molecule has 0 saturated carbocycles. The van der Waals surface area contributed by atoms with E-state index in [9.17, 15) is 8.78 Å². The number of hydrogen-bond acceptors (Lipinski definition) is 1. The molecule has 0 atom stereocenters. The van der Waals surface area contributed by atoms with E-state index in [0.717, 1.165) is 12.8 Å². The Bertz CT molecular complexity index is 610. The van der Waals surface area contributed by atoms with Crippen LogP contribution in [-0.4, -0.2) is 6.61 Å². The Labute approximate surface area is 137 Å². The molecule has 124 valence electrons. The van der Waals surface area contributed by atoms with Gasteiger partial charge in [-0.1, -0.05) is 57.2 Å². The lowest BCUT2D eigenvalue weighted by Gasteiger charge is -2.09.